The maximum Gasteiger partial charge on any atom is 0.223 e. The third-order valence-corrected chi connectivity index (χ3v) is 5.17. The van der Waals surface area contributed by atoms with E-state index in [1.54, 1.807) is 0 Å². The van der Waals surface area contributed by atoms with Crippen molar-refractivity contribution in [2.24, 2.45) is 11.7 Å². The smallest absolute Gasteiger partial charge is 0.223 e. The summed E-state index contributed by atoms with van der Waals surface area (Å²) in [6, 6.07) is 11.1. The summed E-state index contributed by atoms with van der Waals surface area (Å²) >= 11 is 0. The molecule has 3 rings (SSSR count). The van der Waals surface area contributed by atoms with Gasteiger partial charge in [0.1, 0.15) is 0 Å². The van der Waals surface area contributed by atoms with Gasteiger partial charge in [-0.1, -0.05) is 36.8 Å². The van der Waals surface area contributed by atoms with Crippen LogP contribution in [0.15, 0.2) is 30.3 Å². The van der Waals surface area contributed by atoms with Crippen molar-refractivity contribution in [2.75, 3.05) is 6.54 Å². The molecule has 0 radical (unpaired) electrons. The number of nitrogens with two attached hydrogens (primary N) is 1. The molecule has 0 bridgehead atoms. The maximum atomic E-state index is 12.6. The fourth-order valence-electron chi connectivity index (χ4n) is 3.92. The van der Waals surface area contributed by atoms with Gasteiger partial charge in [-0.2, -0.15) is 0 Å². The minimum absolute atomic E-state index is 0. The van der Waals surface area contributed by atoms with Crippen LogP contribution >= 0.6 is 12.4 Å². The number of benzene rings is 1. The number of halogens is 1. The molecule has 1 heterocycles. The van der Waals surface area contributed by atoms with E-state index in [-0.39, 0.29) is 18.4 Å². The number of hydrogen-bond acceptors (Lipinski definition) is 2. The molecule has 1 saturated heterocycles. The van der Waals surface area contributed by atoms with Crippen molar-refractivity contribution < 1.29 is 4.79 Å². The zero-order valence-corrected chi connectivity index (χ0v) is 13.9. The Hall–Kier alpha value is -1.06. The van der Waals surface area contributed by atoms with E-state index in [2.05, 4.69) is 29.2 Å². The third-order valence-electron chi connectivity index (χ3n) is 5.17. The Morgan fingerprint density at radius 3 is 2.59 bits per heavy atom. The lowest BCUT2D eigenvalue weighted by atomic mass is 9.98. The lowest BCUT2D eigenvalue weighted by molar-refractivity contribution is -0.133. The van der Waals surface area contributed by atoms with E-state index in [1.165, 1.54) is 12.0 Å². The molecule has 22 heavy (non-hydrogen) atoms. The van der Waals surface area contributed by atoms with Gasteiger partial charge in [0.15, 0.2) is 0 Å². The molecule has 1 aromatic carbocycles. The molecule has 2 aliphatic rings. The van der Waals surface area contributed by atoms with Gasteiger partial charge in [0.2, 0.25) is 5.91 Å². The number of likely N-dealkylation sites (tertiary alicyclic amines) is 1. The summed E-state index contributed by atoms with van der Waals surface area (Å²) in [5.41, 5.74) is 7.45. The zero-order chi connectivity index (χ0) is 14.7. The van der Waals surface area contributed by atoms with Crippen LogP contribution in [0.3, 0.4) is 0 Å². The van der Waals surface area contributed by atoms with Crippen LogP contribution in [0.25, 0.3) is 0 Å². The highest BCUT2D eigenvalue weighted by Crippen LogP contribution is 2.29. The minimum Gasteiger partial charge on any atom is -0.339 e. The van der Waals surface area contributed by atoms with E-state index >= 15 is 0 Å². The van der Waals surface area contributed by atoms with Gasteiger partial charge in [0.05, 0.1) is 0 Å². The van der Waals surface area contributed by atoms with Crippen LogP contribution in [0.4, 0.5) is 0 Å². The first-order chi connectivity index (χ1) is 10.2. The molecule has 1 unspecified atom stereocenters. The molecule has 1 aliphatic carbocycles. The fraction of sp³-hybridized carbons (Fsp3) is 0.611. The van der Waals surface area contributed by atoms with Crippen LogP contribution < -0.4 is 5.73 Å². The molecule has 0 aromatic heterocycles. The van der Waals surface area contributed by atoms with Crippen molar-refractivity contribution in [3.8, 4) is 0 Å². The number of carbonyl (C=O) groups is 1. The molecular weight excluding hydrogens is 296 g/mol. The van der Waals surface area contributed by atoms with Crippen LogP contribution in [-0.2, 0) is 11.2 Å². The molecular formula is C18H27ClN2O. The number of nitrogens with zero attached hydrogens (tertiary/aromatic N) is 1. The number of carbonyl (C=O) groups excluding carboxylic acids is 1. The van der Waals surface area contributed by atoms with Gasteiger partial charge >= 0.3 is 0 Å². The van der Waals surface area contributed by atoms with Crippen molar-refractivity contribution in [3.63, 3.8) is 0 Å². The fourth-order valence-corrected chi connectivity index (χ4v) is 3.92. The Morgan fingerprint density at radius 1 is 1.14 bits per heavy atom. The SMILES string of the molecule is Cl.N[C@@H]1CCC[C@H]1CC(=O)N1CCCC1Cc1ccccc1. The second-order valence-electron chi connectivity index (χ2n) is 6.63. The monoisotopic (exact) mass is 322 g/mol. The average Bonchev–Trinajstić information content (AvgIpc) is 3.10. The van der Waals surface area contributed by atoms with Crippen molar-refractivity contribution in [1.29, 1.82) is 0 Å². The molecule has 3 nitrogen and oxygen atoms in total. The van der Waals surface area contributed by atoms with E-state index < -0.39 is 0 Å². The molecule has 1 aromatic rings. The van der Waals surface area contributed by atoms with Crippen LogP contribution in [0.5, 0.6) is 0 Å². The topological polar surface area (TPSA) is 46.3 Å². The summed E-state index contributed by atoms with van der Waals surface area (Å²) in [7, 11) is 0. The maximum absolute atomic E-state index is 12.6. The van der Waals surface area contributed by atoms with Gasteiger partial charge in [-0.15, -0.1) is 12.4 Å². The van der Waals surface area contributed by atoms with Crippen molar-refractivity contribution >= 4 is 18.3 Å². The molecule has 4 heteroatoms. The number of amides is 1. The van der Waals surface area contributed by atoms with Crippen LogP contribution in [0.2, 0.25) is 0 Å². The first kappa shape index (κ1) is 17.3. The van der Waals surface area contributed by atoms with Gasteiger partial charge < -0.3 is 10.6 Å². The highest BCUT2D eigenvalue weighted by atomic mass is 35.5. The Bertz CT molecular complexity index is 479. The minimum atomic E-state index is 0. The van der Waals surface area contributed by atoms with E-state index in [0.29, 0.717) is 24.3 Å². The van der Waals surface area contributed by atoms with Crippen molar-refractivity contribution in [2.45, 2.75) is 57.0 Å². The summed E-state index contributed by atoms with van der Waals surface area (Å²) in [6.45, 7) is 0.929. The highest BCUT2D eigenvalue weighted by Gasteiger charge is 2.32. The van der Waals surface area contributed by atoms with Gasteiger partial charge in [0, 0.05) is 25.0 Å². The summed E-state index contributed by atoms with van der Waals surface area (Å²) < 4.78 is 0. The van der Waals surface area contributed by atoms with Crippen LogP contribution in [-0.4, -0.2) is 29.4 Å². The summed E-state index contributed by atoms with van der Waals surface area (Å²) in [5, 5.41) is 0. The molecule has 1 saturated carbocycles. The zero-order valence-electron chi connectivity index (χ0n) is 13.1. The summed E-state index contributed by atoms with van der Waals surface area (Å²) in [4.78, 5) is 14.7. The second kappa shape index (κ2) is 7.98. The lowest BCUT2D eigenvalue weighted by Crippen LogP contribution is -2.39. The Morgan fingerprint density at radius 2 is 1.91 bits per heavy atom. The van der Waals surface area contributed by atoms with E-state index in [1.807, 2.05) is 6.07 Å². The first-order valence-electron chi connectivity index (χ1n) is 8.33. The number of hydrogen-bond donors (Lipinski definition) is 1. The molecule has 1 aliphatic heterocycles. The van der Waals surface area contributed by atoms with E-state index in [0.717, 1.165) is 38.6 Å². The van der Waals surface area contributed by atoms with Gasteiger partial charge in [-0.05, 0) is 43.6 Å². The van der Waals surface area contributed by atoms with Gasteiger partial charge in [-0.25, -0.2) is 0 Å². The second-order valence-corrected chi connectivity index (χ2v) is 6.63. The summed E-state index contributed by atoms with van der Waals surface area (Å²) in [5.74, 6) is 0.742. The predicted octanol–water partition coefficient (Wildman–Crippen LogP) is 3.16. The highest BCUT2D eigenvalue weighted by molar-refractivity contribution is 5.85. The van der Waals surface area contributed by atoms with Crippen molar-refractivity contribution in [3.05, 3.63) is 35.9 Å². The molecule has 3 atom stereocenters. The molecule has 2 N–H and O–H groups in total. The van der Waals surface area contributed by atoms with Crippen LogP contribution in [0.1, 0.15) is 44.1 Å². The van der Waals surface area contributed by atoms with Gasteiger partial charge in [-0.3, -0.25) is 4.79 Å². The molecule has 1 amide bonds. The summed E-state index contributed by atoms with van der Waals surface area (Å²) in [6.07, 6.45) is 7.33. The quantitative estimate of drug-likeness (QED) is 0.925. The molecule has 2 fully saturated rings. The van der Waals surface area contributed by atoms with Crippen molar-refractivity contribution in [1.82, 2.24) is 4.90 Å². The van der Waals surface area contributed by atoms with E-state index in [9.17, 15) is 4.79 Å². The van der Waals surface area contributed by atoms with E-state index in [4.69, 9.17) is 5.73 Å². The lowest BCUT2D eigenvalue weighted by Gasteiger charge is -2.27. The predicted molar refractivity (Wildman–Crippen MR) is 92.1 cm³/mol. The normalized spacial score (nSPS) is 27.7. The van der Waals surface area contributed by atoms with Gasteiger partial charge in [0.25, 0.3) is 0 Å². The third kappa shape index (κ3) is 4.02. The molecule has 0 spiro atoms. The standard InChI is InChI=1S/C18H26N2O.ClH/c19-17-10-4-8-15(17)13-18(21)20-11-5-9-16(20)12-14-6-2-1-3-7-14;/h1-3,6-7,15-17H,4-5,8-13,19H2;1H/t15-,16?,17+;/m0./s1. The Labute approximate surface area is 139 Å². The Kier molecular flexibility index (Phi) is 6.27. The molecule has 122 valence electrons. The Balaban J connectivity index is 0.00000176. The number of rotatable bonds is 4. The largest absolute Gasteiger partial charge is 0.339 e. The van der Waals surface area contributed by atoms with Crippen LogP contribution in [0, 0.1) is 5.92 Å². The first-order valence-corrected chi connectivity index (χ1v) is 8.33. The average molecular weight is 323 g/mol.